The van der Waals surface area contributed by atoms with E-state index in [0.29, 0.717) is 5.92 Å². The predicted octanol–water partition coefficient (Wildman–Crippen LogP) is 2.15. The Morgan fingerprint density at radius 3 is 2.58 bits per heavy atom. The molecule has 0 fully saturated rings. The van der Waals surface area contributed by atoms with Crippen LogP contribution in [0.25, 0.3) is 0 Å². The molecule has 0 radical (unpaired) electrons. The molecule has 1 aliphatic carbocycles. The van der Waals surface area contributed by atoms with E-state index < -0.39 is 0 Å². The summed E-state index contributed by atoms with van der Waals surface area (Å²) in [6, 6.07) is 0. The summed E-state index contributed by atoms with van der Waals surface area (Å²) < 4.78 is 5.09. The van der Waals surface area contributed by atoms with Crippen molar-refractivity contribution in [1.82, 2.24) is 0 Å². The first-order valence-corrected chi connectivity index (χ1v) is 4.48. The number of hydrogen-bond donors (Lipinski definition) is 0. The van der Waals surface area contributed by atoms with Gasteiger partial charge in [-0.3, -0.25) is 4.79 Å². The molecule has 68 valence electrons. The number of esters is 1. The molecule has 0 aromatic heterocycles. The van der Waals surface area contributed by atoms with Crippen molar-refractivity contribution in [1.29, 1.82) is 0 Å². The molecule has 0 aromatic carbocycles. The standard InChI is InChI=1S/C10H16O2/c1-7(2)12-10(11)9-5-4-8(3)6-9/h4-5,7-9H,6H2,1-3H3. The van der Waals surface area contributed by atoms with E-state index in [1.165, 1.54) is 0 Å². The van der Waals surface area contributed by atoms with Gasteiger partial charge in [-0.15, -0.1) is 0 Å². The van der Waals surface area contributed by atoms with Crippen molar-refractivity contribution in [2.45, 2.75) is 33.3 Å². The first-order chi connectivity index (χ1) is 5.59. The average molecular weight is 168 g/mol. The van der Waals surface area contributed by atoms with Gasteiger partial charge in [0.25, 0.3) is 0 Å². The molecule has 0 amide bonds. The molecule has 0 saturated carbocycles. The van der Waals surface area contributed by atoms with Gasteiger partial charge in [0.15, 0.2) is 0 Å². The molecule has 1 rings (SSSR count). The summed E-state index contributed by atoms with van der Waals surface area (Å²) in [5.41, 5.74) is 0. The zero-order chi connectivity index (χ0) is 9.14. The highest BCUT2D eigenvalue weighted by atomic mass is 16.5. The Kier molecular flexibility index (Phi) is 2.90. The van der Waals surface area contributed by atoms with Crippen LogP contribution in [-0.2, 0) is 9.53 Å². The summed E-state index contributed by atoms with van der Waals surface area (Å²) in [5.74, 6) is 0.447. The van der Waals surface area contributed by atoms with Crippen LogP contribution in [0.1, 0.15) is 27.2 Å². The van der Waals surface area contributed by atoms with E-state index in [2.05, 4.69) is 13.0 Å². The van der Waals surface area contributed by atoms with Crippen LogP contribution in [0.5, 0.6) is 0 Å². The van der Waals surface area contributed by atoms with E-state index >= 15 is 0 Å². The molecular formula is C10H16O2. The maximum atomic E-state index is 11.3. The molecule has 0 heterocycles. The highest BCUT2D eigenvalue weighted by Crippen LogP contribution is 2.24. The molecule has 0 aromatic rings. The van der Waals surface area contributed by atoms with Crippen LogP contribution < -0.4 is 0 Å². The number of carbonyl (C=O) groups excluding carboxylic acids is 1. The van der Waals surface area contributed by atoms with E-state index in [0.717, 1.165) is 6.42 Å². The largest absolute Gasteiger partial charge is 0.463 e. The zero-order valence-electron chi connectivity index (χ0n) is 7.91. The normalized spacial score (nSPS) is 28.0. The highest BCUT2D eigenvalue weighted by Gasteiger charge is 2.23. The molecule has 0 aliphatic heterocycles. The first-order valence-electron chi connectivity index (χ1n) is 4.48. The molecule has 2 unspecified atom stereocenters. The minimum absolute atomic E-state index is 0.00167. The van der Waals surface area contributed by atoms with Gasteiger partial charge in [-0.25, -0.2) is 0 Å². The number of hydrogen-bond acceptors (Lipinski definition) is 2. The third-order valence-corrected chi connectivity index (χ3v) is 1.95. The van der Waals surface area contributed by atoms with Crippen molar-refractivity contribution >= 4 is 5.97 Å². The molecule has 0 bridgehead atoms. The average Bonchev–Trinajstić information content (AvgIpc) is 2.34. The lowest BCUT2D eigenvalue weighted by atomic mass is 10.1. The fraction of sp³-hybridized carbons (Fsp3) is 0.700. The van der Waals surface area contributed by atoms with Gasteiger partial charge in [-0.2, -0.15) is 0 Å². The van der Waals surface area contributed by atoms with Crippen molar-refractivity contribution in [3.63, 3.8) is 0 Å². The van der Waals surface area contributed by atoms with Crippen molar-refractivity contribution in [2.24, 2.45) is 11.8 Å². The fourth-order valence-corrected chi connectivity index (χ4v) is 1.38. The minimum Gasteiger partial charge on any atom is -0.463 e. The van der Waals surface area contributed by atoms with Crippen molar-refractivity contribution in [3.05, 3.63) is 12.2 Å². The molecule has 12 heavy (non-hydrogen) atoms. The smallest absolute Gasteiger partial charge is 0.313 e. The van der Waals surface area contributed by atoms with Crippen LogP contribution in [0.4, 0.5) is 0 Å². The maximum absolute atomic E-state index is 11.3. The van der Waals surface area contributed by atoms with Gasteiger partial charge in [0.2, 0.25) is 0 Å². The van der Waals surface area contributed by atoms with Gasteiger partial charge in [0.1, 0.15) is 0 Å². The Bertz CT molecular complexity index is 194. The van der Waals surface area contributed by atoms with Crippen LogP contribution in [0.2, 0.25) is 0 Å². The number of rotatable bonds is 2. The topological polar surface area (TPSA) is 26.3 Å². The number of carbonyl (C=O) groups is 1. The monoisotopic (exact) mass is 168 g/mol. The van der Waals surface area contributed by atoms with Crippen LogP contribution >= 0.6 is 0 Å². The lowest BCUT2D eigenvalue weighted by Gasteiger charge is -2.11. The zero-order valence-corrected chi connectivity index (χ0v) is 7.91. The Balaban J connectivity index is 2.39. The Morgan fingerprint density at radius 1 is 1.50 bits per heavy atom. The van der Waals surface area contributed by atoms with Crippen LogP contribution in [0, 0.1) is 11.8 Å². The fourth-order valence-electron chi connectivity index (χ4n) is 1.38. The highest BCUT2D eigenvalue weighted by molar-refractivity contribution is 5.75. The third-order valence-electron chi connectivity index (χ3n) is 1.95. The molecule has 2 nitrogen and oxygen atoms in total. The Hall–Kier alpha value is -0.790. The van der Waals surface area contributed by atoms with Crippen molar-refractivity contribution in [2.75, 3.05) is 0 Å². The molecule has 0 spiro atoms. The Morgan fingerprint density at radius 2 is 2.17 bits per heavy atom. The van der Waals surface area contributed by atoms with Crippen LogP contribution in [-0.4, -0.2) is 12.1 Å². The molecule has 2 atom stereocenters. The van der Waals surface area contributed by atoms with Gasteiger partial charge in [-0.1, -0.05) is 19.1 Å². The van der Waals surface area contributed by atoms with Gasteiger partial charge in [0.05, 0.1) is 12.0 Å². The lowest BCUT2D eigenvalue weighted by Crippen LogP contribution is -2.18. The second-order valence-electron chi connectivity index (χ2n) is 3.69. The van der Waals surface area contributed by atoms with Crippen LogP contribution in [0.3, 0.4) is 0 Å². The van der Waals surface area contributed by atoms with E-state index in [1.54, 1.807) is 0 Å². The van der Waals surface area contributed by atoms with E-state index in [1.807, 2.05) is 19.9 Å². The summed E-state index contributed by atoms with van der Waals surface area (Å²) in [4.78, 5) is 11.3. The maximum Gasteiger partial charge on any atom is 0.313 e. The van der Waals surface area contributed by atoms with E-state index in [-0.39, 0.29) is 18.0 Å². The van der Waals surface area contributed by atoms with E-state index in [9.17, 15) is 4.79 Å². The van der Waals surface area contributed by atoms with E-state index in [4.69, 9.17) is 4.74 Å². The number of allylic oxidation sites excluding steroid dienone is 1. The van der Waals surface area contributed by atoms with Gasteiger partial charge >= 0.3 is 5.97 Å². The first kappa shape index (κ1) is 9.30. The molecule has 1 aliphatic rings. The van der Waals surface area contributed by atoms with Gasteiger partial charge < -0.3 is 4.74 Å². The lowest BCUT2D eigenvalue weighted by molar-refractivity contribution is -0.150. The second-order valence-corrected chi connectivity index (χ2v) is 3.69. The SMILES string of the molecule is CC1C=CC(C(=O)OC(C)C)C1. The Labute approximate surface area is 73.6 Å². The number of ether oxygens (including phenoxy) is 1. The van der Waals surface area contributed by atoms with Crippen molar-refractivity contribution in [3.8, 4) is 0 Å². The second kappa shape index (κ2) is 3.74. The summed E-state index contributed by atoms with van der Waals surface area (Å²) in [6.45, 7) is 5.86. The summed E-state index contributed by atoms with van der Waals surface area (Å²) >= 11 is 0. The molecular weight excluding hydrogens is 152 g/mol. The third kappa shape index (κ3) is 2.36. The minimum atomic E-state index is -0.0781. The summed E-state index contributed by atoms with van der Waals surface area (Å²) in [6.07, 6.45) is 4.94. The van der Waals surface area contributed by atoms with Gasteiger partial charge in [0, 0.05) is 0 Å². The summed E-state index contributed by atoms with van der Waals surface area (Å²) in [7, 11) is 0. The predicted molar refractivity (Wildman–Crippen MR) is 47.6 cm³/mol. The van der Waals surface area contributed by atoms with Crippen molar-refractivity contribution < 1.29 is 9.53 Å². The van der Waals surface area contributed by atoms with Crippen LogP contribution in [0.15, 0.2) is 12.2 Å². The molecule has 2 heteroatoms. The van der Waals surface area contributed by atoms with Gasteiger partial charge in [-0.05, 0) is 26.2 Å². The summed E-state index contributed by atoms with van der Waals surface area (Å²) in [5, 5.41) is 0. The quantitative estimate of drug-likeness (QED) is 0.466. The molecule has 0 saturated heterocycles. The molecule has 0 N–H and O–H groups in total.